The average molecular weight is 267 g/mol. The fourth-order valence-corrected chi connectivity index (χ4v) is 1.78. The van der Waals surface area contributed by atoms with Gasteiger partial charge in [0.1, 0.15) is 5.75 Å². The van der Waals surface area contributed by atoms with Gasteiger partial charge in [0.05, 0.1) is 24.3 Å². The minimum atomic E-state index is -0.584. The fraction of sp³-hybridized carbons (Fsp3) is 0.250. The summed E-state index contributed by atoms with van der Waals surface area (Å²) < 4.78 is 9.96. The SMILES string of the molecule is CCOC(=O)c1nnc2ccc(OC)cc2c1Cl. The van der Waals surface area contributed by atoms with E-state index in [1.54, 1.807) is 32.2 Å². The molecule has 0 aliphatic rings. The van der Waals surface area contributed by atoms with Crippen molar-refractivity contribution in [3.05, 3.63) is 28.9 Å². The predicted molar refractivity (Wildman–Crippen MR) is 67.1 cm³/mol. The van der Waals surface area contributed by atoms with Crippen LogP contribution in [0.5, 0.6) is 5.75 Å². The number of aromatic nitrogens is 2. The van der Waals surface area contributed by atoms with Crippen LogP contribution < -0.4 is 4.74 Å². The first-order chi connectivity index (χ1) is 8.67. The molecule has 18 heavy (non-hydrogen) atoms. The second-order valence-corrected chi connectivity index (χ2v) is 3.84. The van der Waals surface area contributed by atoms with Gasteiger partial charge in [-0.25, -0.2) is 4.79 Å². The van der Waals surface area contributed by atoms with Crippen LogP contribution in [0.25, 0.3) is 10.9 Å². The summed E-state index contributed by atoms with van der Waals surface area (Å²) in [6.07, 6.45) is 0. The molecule has 0 bridgehead atoms. The summed E-state index contributed by atoms with van der Waals surface area (Å²) in [5, 5.41) is 8.54. The van der Waals surface area contributed by atoms with E-state index in [9.17, 15) is 4.79 Å². The van der Waals surface area contributed by atoms with Gasteiger partial charge < -0.3 is 9.47 Å². The van der Waals surface area contributed by atoms with Gasteiger partial charge in [0, 0.05) is 5.39 Å². The lowest BCUT2D eigenvalue weighted by Crippen LogP contribution is -2.09. The Morgan fingerprint density at radius 1 is 1.39 bits per heavy atom. The molecule has 0 atom stereocenters. The fourth-order valence-electron chi connectivity index (χ4n) is 1.51. The highest BCUT2D eigenvalue weighted by Gasteiger charge is 2.17. The second-order valence-electron chi connectivity index (χ2n) is 3.47. The van der Waals surface area contributed by atoms with E-state index in [1.165, 1.54) is 0 Å². The van der Waals surface area contributed by atoms with Gasteiger partial charge >= 0.3 is 5.97 Å². The van der Waals surface area contributed by atoms with Crippen molar-refractivity contribution in [2.24, 2.45) is 0 Å². The van der Waals surface area contributed by atoms with Crippen LogP contribution in [0.1, 0.15) is 17.4 Å². The first-order valence-electron chi connectivity index (χ1n) is 5.34. The molecule has 2 rings (SSSR count). The molecule has 2 aromatic rings. The summed E-state index contributed by atoms with van der Waals surface area (Å²) in [5.74, 6) is 0.0481. The van der Waals surface area contributed by atoms with E-state index in [-0.39, 0.29) is 17.3 Å². The zero-order valence-electron chi connectivity index (χ0n) is 9.94. The molecular weight excluding hydrogens is 256 g/mol. The Morgan fingerprint density at radius 3 is 2.83 bits per heavy atom. The lowest BCUT2D eigenvalue weighted by Gasteiger charge is -2.06. The molecule has 0 radical (unpaired) electrons. The maximum atomic E-state index is 11.6. The first kappa shape index (κ1) is 12.6. The van der Waals surface area contributed by atoms with E-state index in [4.69, 9.17) is 21.1 Å². The number of halogens is 1. The van der Waals surface area contributed by atoms with Gasteiger partial charge in [-0.3, -0.25) is 0 Å². The minimum Gasteiger partial charge on any atom is -0.497 e. The van der Waals surface area contributed by atoms with E-state index in [0.717, 1.165) is 0 Å². The normalized spacial score (nSPS) is 10.4. The number of nitrogens with zero attached hydrogens (tertiary/aromatic N) is 2. The third-order valence-corrected chi connectivity index (χ3v) is 2.76. The summed E-state index contributed by atoms with van der Waals surface area (Å²) in [6, 6.07) is 5.18. The van der Waals surface area contributed by atoms with Crippen molar-refractivity contribution in [2.75, 3.05) is 13.7 Å². The Hall–Kier alpha value is -1.88. The van der Waals surface area contributed by atoms with Crippen molar-refractivity contribution in [1.29, 1.82) is 0 Å². The van der Waals surface area contributed by atoms with Crippen molar-refractivity contribution >= 4 is 28.5 Å². The minimum absolute atomic E-state index is 0.0132. The van der Waals surface area contributed by atoms with Gasteiger partial charge in [-0.1, -0.05) is 11.6 Å². The molecule has 0 unspecified atom stereocenters. The smallest absolute Gasteiger partial charge is 0.360 e. The number of hydrogen-bond donors (Lipinski definition) is 0. The van der Waals surface area contributed by atoms with Crippen LogP contribution in [-0.4, -0.2) is 29.9 Å². The van der Waals surface area contributed by atoms with E-state index in [1.807, 2.05) is 0 Å². The molecule has 94 valence electrons. The highest BCUT2D eigenvalue weighted by atomic mass is 35.5. The molecule has 0 aliphatic carbocycles. The van der Waals surface area contributed by atoms with Crippen LogP contribution >= 0.6 is 11.6 Å². The van der Waals surface area contributed by atoms with Crippen LogP contribution in [0.15, 0.2) is 18.2 Å². The second kappa shape index (κ2) is 5.18. The van der Waals surface area contributed by atoms with Crippen LogP contribution in [-0.2, 0) is 4.74 Å². The van der Waals surface area contributed by atoms with Gasteiger partial charge in [-0.15, -0.1) is 10.2 Å². The quantitative estimate of drug-likeness (QED) is 0.799. The van der Waals surface area contributed by atoms with Crippen molar-refractivity contribution in [3.8, 4) is 5.75 Å². The number of methoxy groups -OCH3 is 1. The van der Waals surface area contributed by atoms with Crippen LogP contribution in [0.3, 0.4) is 0 Å². The van der Waals surface area contributed by atoms with Crippen molar-refractivity contribution in [1.82, 2.24) is 10.2 Å². The molecule has 5 nitrogen and oxygen atoms in total. The molecule has 6 heteroatoms. The first-order valence-corrected chi connectivity index (χ1v) is 5.72. The van der Waals surface area contributed by atoms with E-state index in [2.05, 4.69) is 10.2 Å². The molecule has 0 saturated carbocycles. The molecule has 0 spiro atoms. The zero-order chi connectivity index (χ0) is 13.1. The lowest BCUT2D eigenvalue weighted by atomic mass is 10.2. The monoisotopic (exact) mass is 266 g/mol. The van der Waals surface area contributed by atoms with Gasteiger partial charge in [-0.2, -0.15) is 0 Å². The van der Waals surface area contributed by atoms with Gasteiger partial charge in [0.15, 0.2) is 5.69 Å². The number of carbonyl (C=O) groups is 1. The number of carbonyl (C=O) groups excluding carboxylic acids is 1. The Balaban J connectivity index is 2.58. The number of hydrogen-bond acceptors (Lipinski definition) is 5. The number of fused-ring (bicyclic) bond motifs is 1. The molecule has 0 aliphatic heterocycles. The molecule has 0 amide bonds. The van der Waals surface area contributed by atoms with Gasteiger partial charge in [0.25, 0.3) is 0 Å². The van der Waals surface area contributed by atoms with E-state index < -0.39 is 5.97 Å². The summed E-state index contributed by atoms with van der Waals surface area (Å²) in [4.78, 5) is 11.6. The number of ether oxygens (including phenoxy) is 2. The van der Waals surface area contributed by atoms with E-state index in [0.29, 0.717) is 16.7 Å². The average Bonchev–Trinajstić information content (AvgIpc) is 2.39. The Labute approximate surface area is 109 Å². The summed E-state index contributed by atoms with van der Waals surface area (Å²) in [6.45, 7) is 1.97. The molecule has 0 saturated heterocycles. The summed E-state index contributed by atoms with van der Waals surface area (Å²) in [7, 11) is 1.55. The third-order valence-electron chi connectivity index (χ3n) is 2.37. The number of esters is 1. The Bertz CT molecular complexity index is 601. The summed E-state index contributed by atoms with van der Waals surface area (Å²) in [5.41, 5.74) is 0.605. The standard InChI is InChI=1S/C12H11ClN2O3/c1-3-18-12(16)11-10(13)8-6-7(17-2)4-5-9(8)14-15-11/h4-6H,3H2,1-2H3. The number of rotatable bonds is 3. The molecule has 1 aromatic heterocycles. The predicted octanol–water partition coefficient (Wildman–Crippen LogP) is 2.47. The zero-order valence-corrected chi connectivity index (χ0v) is 10.7. The maximum Gasteiger partial charge on any atom is 0.360 e. The topological polar surface area (TPSA) is 61.3 Å². The van der Waals surface area contributed by atoms with Crippen molar-refractivity contribution in [3.63, 3.8) is 0 Å². The van der Waals surface area contributed by atoms with Crippen molar-refractivity contribution in [2.45, 2.75) is 6.92 Å². The highest BCUT2D eigenvalue weighted by molar-refractivity contribution is 6.37. The Kier molecular flexibility index (Phi) is 3.62. The van der Waals surface area contributed by atoms with Crippen LogP contribution in [0.4, 0.5) is 0 Å². The summed E-state index contributed by atoms with van der Waals surface area (Å²) >= 11 is 6.14. The largest absolute Gasteiger partial charge is 0.497 e. The third kappa shape index (κ3) is 2.22. The molecule has 1 aromatic carbocycles. The lowest BCUT2D eigenvalue weighted by molar-refractivity contribution is 0.0518. The number of benzene rings is 1. The highest BCUT2D eigenvalue weighted by Crippen LogP contribution is 2.27. The maximum absolute atomic E-state index is 11.6. The van der Waals surface area contributed by atoms with Gasteiger partial charge in [0.2, 0.25) is 0 Å². The van der Waals surface area contributed by atoms with Gasteiger partial charge in [-0.05, 0) is 25.1 Å². The van der Waals surface area contributed by atoms with Crippen LogP contribution in [0.2, 0.25) is 5.02 Å². The van der Waals surface area contributed by atoms with Crippen LogP contribution in [0, 0.1) is 0 Å². The Morgan fingerprint density at radius 2 is 2.17 bits per heavy atom. The molecule has 0 fully saturated rings. The molecule has 0 N–H and O–H groups in total. The van der Waals surface area contributed by atoms with Crippen molar-refractivity contribution < 1.29 is 14.3 Å². The molecular formula is C12H11ClN2O3. The molecule has 1 heterocycles. The van der Waals surface area contributed by atoms with E-state index >= 15 is 0 Å².